The summed E-state index contributed by atoms with van der Waals surface area (Å²) in [7, 11) is 1.79. The summed E-state index contributed by atoms with van der Waals surface area (Å²) in [6.07, 6.45) is 6.88. The quantitative estimate of drug-likeness (QED) is 0.446. The Labute approximate surface area is 180 Å². The summed E-state index contributed by atoms with van der Waals surface area (Å²) in [5.41, 5.74) is 0.558. The molecule has 4 aromatic rings. The molecular formula is C18H17N9OS2. The Morgan fingerprint density at radius 1 is 1.20 bits per heavy atom. The van der Waals surface area contributed by atoms with Crippen molar-refractivity contribution < 1.29 is 4.79 Å². The number of nitrogens with one attached hydrogen (secondary N) is 2. The Morgan fingerprint density at radius 3 is 2.73 bits per heavy atom. The molecule has 0 unspecified atom stereocenters. The largest absolute Gasteiger partial charge is 0.309 e. The number of hydrogen-bond donors (Lipinski definition) is 2. The lowest BCUT2D eigenvalue weighted by Crippen LogP contribution is -2.17. The fourth-order valence-corrected chi connectivity index (χ4v) is 3.99. The minimum Gasteiger partial charge on any atom is -0.309 e. The Balaban J connectivity index is 1.57. The van der Waals surface area contributed by atoms with Crippen LogP contribution in [0.15, 0.2) is 63.1 Å². The van der Waals surface area contributed by atoms with E-state index in [1.165, 1.54) is 23.5 Å². The van der Waals surface area contributed by atoms with E-state index in [0.717, 1.165) is 4.90 Å². The van der Waals surface area contributed by atoms with Gasteiger partial charge in [-0.3, -0.25) is 19.6 Å². The molecule has 30 heavy (non-hydrogen) atoms. The summed E-state index contributed by atoms with van der Waals surface area (Å²) >= 11 is 2.70. The van der Waals surface area contributed by atoms with Gasteiger partial charge in [0.25, 0.3) is 0 Å². The maximum absolute atomic E-state index is 12.6. The fraction of sp³-hybridized carbons (Fsp3) is 0.167. The predicted molar refractivity (Wildman–Crippen MR) is 111 cm³/mol. The molecule has 2 N–H and O–H groups in total. The van der Waals surface area contributed by atoms with E-state index in [9.17, 15) is 4.79 Å². The van der Waals surface area contributed by atoms with Crippen molar-refractivity contribution in [3.8, 4) is 0 Å². The zero-order chi connectivity index (χ0) is 20.9. The molecule has 12 heteroatoms. The highest BCUT2D eigenvalue weighted by Gasteiger charge is 2.16. The van der Waals surface area contributed by atoms with E-state index in [2.05, 4.69) is 40.5 Å². The lowest BCUT2D eigenvalue weighted by molar-refractivity contribution is -0.115. The average molecular weight is 440 g/mol. The summed E-state index contributed by atoms with van der Waals surface area (Å²) in [5, 5.41) is 15.6. The van der Waals surface area contributed by atoms with Crippen LogP contribution in [0.2, 0.25) is 0 Å². The van der Waals surface area contributed by atoms with Gasteiger partial charge in [0.1, 0.15) is 15.9 Å². The molecule has 0 atom stereocenters. The number of anilines is 1. The van der Waals surface area contributed by atoms with Crippen molar-refractivity contribution in [2.45, 2.75) is 33.4 Å². The van der Waals surface area contributed by atoms with Gasteiger partial charge in [-0.1, -0.05) is 11.8 Å². The third-order valence-corrected chi connectivity index (χ3v) is 5.54. The Morgan fingerprint density at radius 2 is 2.03 bits per heavy atom. The van der Waals surface area contributed by atoms with Crippen LogP contribution in [0.25, 0.3) is 0 Å². The van der Waals surface area contributed by atoms with Gasteiger partial charge in [0, 0.05) is 36.6 Å². The number of aromatic nitrogens is 8. The molecule has 0 saturated carbocycles. The highest BCUT2D eigenvalue weighted by atomic mass is 32.2. The molecule has 0 aliphatic heterocycles. The van der Waals surface area contributed by atoms with Gasteiger partial charge >= 0.3 is 0 Å². The first-order valence-electron chi connectivity index (χ1n) is 8.85. The molecule has 0 aliphatic rings. The first-order valence-corrected chi connectivity index (χ1v) is 10.5. The number of H-pyrrole nitrogens is 1. The minimum absolute atomic E-state index is 0.0540. The van der Waals surface area contributed by atoms with Gasteiger partial charge in [-0.25, -0.2) is 15.0 Å². The normalized spacial score (nSPS) is 10.9. The first kappa shape index (κ1) is 20.0. The monoisotopic (exact) mass is 439 g/mol. The van der Waals surface area contributed by atoms with E-state index in [4.69, 9.17) is 0 Å². The van der Waals surface area contributed by atoms with Gasteiger partial charge in [0.05, 0.1) is 18.3 Å². The van der Waals surface area contributed by atoms with Crippen LogP contribution in [0, 0.1) is 6.92 Å². The van der Waals surface area contributed by atoms with Crippen molar-refractivity contribution in [2.24, 2.45) is 7.05 Å². The summed E-state index contributed by atoms with van der Waals surface area (Å²) < 4.78 is 1.62. The maximum Gasteiger partial charge on any atom is 0.231 e. The maximum atomic E-state index is 12.6. The molecule has 0 aromatic carbocycles. The first-order chi connectivity index (χ1) is 14.5. The smallest absolute Gasteiger partial charge is 0.231 e. The lowest BCUT2D eigenvalue weighted by Gasteiger charge is -2.09. The van der Waals surface area contributed by atoms with E-state index < -0.39 is 0 Å². The third-order valence-electron chi connectivity index (χ3n) is 3.73. The summed E-state index contributed by atoms with van der Waals surface area (Å²) in [6, 6.07) is 5.49. The topological polar surface area (TPSA) is 127 Å². The zero-order valence-electron chi connectivity index (χ0n) is 16.1. The van der Waals surface area contributed by atoms with Crippen molar-refractivity contribution in [3.05, 3.63) is 54.5 Å². The standard InChI is InChI=1S/C18H17N9OS2/c1-11-21-18(25-24-11)30-16-10-20-17(29-12-3-6-19-7-4-12)13(22-16)9-15(28)23-14-5-8-27(2)26-14/h3-8,10H,9H2,1-2H3,(H,21,24,25)(H,23,26,28). The van der Waals surface area contributed by atoms with Gasteiger partial charge in [-0.2, -0.15) is 5.10 Å². The molecule has 0 radical (unpaired) electrons. The molecule has 4 aromatic heterocycles. The van der Waals surface area contributed by atoms with Gasteiger partial charge in [-0.05, 0) is 30.8 Å². The molecule has 0 spiro atoms. The molecule has 0 saturated heterocycles. The second kappa shape index (κ2) is 9.05. The number of pyridine rings is 1. The van der Waals surface area contributed by atoms with Crippen LogP contribution in [0.1, 0.15) is 11.5 Å². The number of carbonyl (C=O) groups is 1. The fourth-order valence-electron chi connectivity index (χ4n) is 2.45. The number of rotatable bonds is 7. The van der Waals surface area contributed by atoms with Crippen molar-refractivity contribution in [3.63, 3.8) is 0 Å². The minimum atomic E-state index is -0.226. The lowest BCUT2D eigenvalue weighted by atomic mass is 10.3. The van der Waals surface area contributed by atoms with Gasteiger partial charge in [0.15, 0.2) is 5.82 Å². The van der Waals surface area contributed by atoms with Crippen LogP contribution in [-0.4, -0.2) is 45.8 Å². The number of carbonyl (C=O) groups excluding carboxylic acids is 1. The van der Waals surface area contributed by atoms with Gasteiger partial charge in [0.2, 0.25) is 11.1 Å². The third kappa shape index (κ3) is 5.21. The second-order valence-corrected chi connectivity index (χ2v) is 8.20. The Hall–Kier alpha value is -3.25. The number of aryl methyl sites for hydroxylation is 2. The second-order valence-electron chi connectivity index (χ2n) is 6.15. The SMILES string of the molecule is Cc1nc(Sc2cnc(Sc3ccncc3)c(CC(=O)Nc3ccn(C)n3)n2)n[nH]1. The molecule has 0 aliphatic carbocycles. The van der Waals surface area contributed by atoms with Crippen LogP contribution in [0.4, 0.5) is 5.82 Å². The molecule has 1 amide bonds. The van der Waals surface area contributed by atoms with Crippen LogP contribution >= 0.6 is 23.5 Å². The van der Waals surface area contributed by atoms with Crippen LogP contribution in [0.3, 0.4) is 0 Å². The van der Waals surface area contributed by atoms with Gasteiger partial charge in [-0.15, -0.1) is 5.10 Å². The number of amides is 1. The van der Waals surface area contributed by atoms with E-state index in [0.29, 0.717) is 32.5 Å². The number of hydrogen-bond acceptors (Lipinski definition) is 9. The van der Waals surface area contributed by atoms with E-state index in [-0.39, 0.29) is 12.3 Å². The molecule has 4 rings (SSSR count). The van der Waals surface area contributed by atoms with E-state index >= 15 is 0 Å². The molecule has 0 fully saturated rings. The zero-order valence-corrected chi connectivity index (χ0v) is 17.7. The number of aromatic amines is 1. The van der Waals surface area contributed by atoms with Crippen molar-refractivity contribution in [1.82, 2.24) is 39.9 Å². The van der Waals surface area contributed by atoms with Crippen molar-refractivity contribution >= 4 is 35.2 Å². The average Bonchev–Trinajstić information content (AvgIpc) is 3.32. The van der Waals surface area contributed by atoms with Crippen LogP contribution < -0.4 is 5.32 Å². The summed E-state index contributed by atoms with van der Waals surface area (Å²) in [5.74, 6) is 0.973. The Bertz CT molecular complexity index is 1160. The Kier molecular flexibility index (Phi) is 6.05. The highest BCUT2D eigenvalue weighted by molar-refractivity contribution is 7.99. The molecule has 0 bridgehead atoms. The molecule has 152 valence electrons. The molecule has 4 heterocycles. The molecular weight excluding hydrogens is 422 g/mol. The number of nitrogens with zero attached hydrogens (tertiary/aromatic N) is 7. The van der Waals surface area contributed by atoms with E-state index in [1.807, 2.05) is 19.1 Å². The van der Waals surface area contributed by atoms with Crippen LogP contribution in [0.5, 0.6) is 0 Å². The van der Waals surface area contributed by atoms with E-state index in [1.54, 1.807) is 42.6 Å². The molecule has 10 nitrogen and oxygen atoms in total. The highest BCUT2D eigenvalue weighted by Crippen LogP contribution is 2.30. The predicted octanol–water partition coefficient (Wildman–Crippen LogP) is 2.52. The van der Waals surface area contributed by atoms with Gasteiger partial charge < -0.3 is 5.32 Å². The van der Waals surface area contributed by atoms with Crippen molar-refractivity contribution in [1.29, 1.82) is 0 Å². The summed E-state index contributed by atoms with van der Waals surface area (Å²) in [6.45, 7) is 1.82. The van der Waals surface area contributed by atoms with Crippen LogP contribution in [-0.2, 0) is 18.3 Å². The van der Waals surface area contributed by atoms with Crippen molar-refractivity contribution in [2.75, 3.05) is 5.32 Å². The summed E-state index contributed by atoms with van der Waals surface area (Å²) in [4.78, 5) is 31.0.